The normalized spacial score (nSPS) is 18.5. The number of nitrogens with two attached hydrogens (primary N) is 1. The van der Waals surface area contributed by atoms with Gasteiger partial charge in [0.25, 0.3) is 5.92 Å². The lowest BCUT2D eigenvalue weighted by atomic mass is 9.86. The van der Waals surface area contributed by atoms with Crippen LogP contribution in [0.5, 0.6) is 0 Å². The second kappa shape index (κ2) is 11.9. The average molecular weight is 735 g/mol. The molecule has 2 aromatic carbocycles. The molecule has 0 aliphatic heterocycles. The fourth-order valence-electron chi connectivity index (χ4n) is 7.39. The van der Waals surface area contributed by atoms with Gasteiger partial charge in [0.2, 0.25) is 0 Å². The SMILES string of the molecule is Cn1nc(CS(C)(=O)=O)c2cccc(-c3cc(N)cnc3[C@@H](CC(=O)Cn3nc(C(F)(F)F)c4c3C(F)(F)[C@@H]3C[C@H]43)Cc3cc(F)cc(F)c3)c21. The fourth-order valence-corrected chi connectivity index (χ4v) is 8.10. The predicted octanol–water partition coefficient (Wildman–Crippen LogP) is 6.45. The number of benzene rings is 2. The molecule has 0 saturated heterocycles. The number of fused-ring (bicyclic) bond motifs is 4. The van der Waals surface area contributed by atoms with Gasteiger partial charge in [-0.05, 0) is 42.5 Å². The molecule has 2 aliphatic carbocycles. The summed E-state index contributed by atoms with van der Waals surface area (Å²) in [4.78, 5) is 18.3. The van der Waals surface area contributed by atoms with Gasteiger partial charge in [-0.1, -0.05) is 18.2 Å². The summed E-state index contributed by atoms with van der Waals surface area (Å²) in [5.74, 6) is -9.85. The van der Waals surface area contributed by atoms with Gasteiger partial charge >= 0.3 is 6.18 Å². The third kappa shape index (κ3) is 6.36. The molecule has 0 unspecified atom stereocenters. The van der Waals surface area contributed by atoms with Crippen molar-refractivity contribution in [3.05, 3.63) is 94.2 Å². The Morgan fingerprint density at radius 3 is 2.45 bits per heavy atom. The van der Waals surface area contributed by atoms with E-state index < -0.39 is 87.0 Å². The van der Waals surface area contributed by atoms with Crippen molar-refractivity contribution in [2.45, 2.75) is 55.5 Å². The molecule has 3 aromatic heterocycles. The van der Waals surface area contributed by atoms with Crippen molar-refractivity contribution in [2.75, 3.05) is 12.0 Å². The summed E-state index contributed by atoms with van der Waals surface area (Å²) < 4.78 is 127. The van der Waals surface area contributed by atoms with Crippen LogP contribution in [0, 0.1) is 17.6 Å². The van der Waals surface area contributed by atoms with E-state index in [-0.39, 0.29) is 41.2 Å². The number of rotatable bonds is 10. The number of carbonyl (C=O) groups is 1. The van der Waals surface area contributed by atoms with Crippen molar-refractivity contribution in [1.82, 2.24) is 24.5 Å². The number of aromatic nitrogens is 5. The molecule has 0 spiro atoms. The molecule has 5 aromatic rings. The fraction of sp³-hybridized carbons (Fsp3) is 0.353. The van der Waals surface area contributed by atoms with Crippen LogP contribution in [0.4, 0.5) is 36.4 Å². The van der Waals surface area contributed by atoms with Crippen LogP contribution < -0.4 is 5.73 Å². The second-order valence-electron chi connectivity index (χ2n) is 13.3. The van der Waals surface area contributed by atoms with Gasteiger partial charge in [0.1, 0.15) is 23.9 Å². The van der Waals surface area contributed by atoms with Gasteiger partial charge < -0.3 is 5.73 Å². The maximum Gasteiger partial charge on any atom is 0.435 e. The molecule has 1 fully saturated rings. The molecule has 0 amide bonds. The molecule has 0 bridgehead atoms. The Morgan fingerprint density at radius 1 is 1.08 bits per heavy atom. The van der Waals surface area contributed by atoms with Crippen LogP contribution in [0.2, 0.25) is 0 Å². The molecule has 17 heteroatoms. The highest BCUT2D eigenvalue weighted by Crippen LogP contribution is 2.68. The van der Waals surface area contributed by atoms with Crippen LogP contribution in [0.3, 0.4) is 0 Å². The van der Waals surface area contributed by atoms with E-state index in [4.69, 9.17) is 5.73 Å². The van der Waals surface area contributed by atoms with Crippen molar-refractivity contribution in [2.24, 2.45) is 13.0 Å². The Balaban J connectivity index is 1.32. The van der Waals surface area contributed by atoms with Gasteiger partial charge in [0.05, 0.1) is 34.5 Å². The monoisotopic (exact) mass is 734 g/mol. The van der Waals surface area contributed by atoms with E-state index in [9.17, 15) is 35.2 Å². The number of hydrogen-bond acceptors (Lipinski definition) is 7. The molecule has 0 radical (unpaired) electrons. The second-order valence-corrected chi connectivity index (χ2v) is 15.4. The molecule has 1 saturated carbocycles. The summed E-state index contributed by atoms with van der Waals surface area (Å²) in [5, 5.41) is 8.36. The number of anilines is 1. The highest BCUT2D eigenvalue weighted by atomic mass is 32.2. The van der Waals surface area contributed by atoms with E-state index in [0.717, 1.165) is 18.4 Å². The van der Waals surface area contributed by atoms with E-state index in [2.05, 4.69) is 15.2 Å². The predicted molar refractivity (Wildman–Crippen MR) is 171 cm³/mol. The van der Waals surface area contributed by atoms with Crippen LogP contribution in [0.15, 0.2) is 48.7 Å². The van der Waals surface area contributed by atoms with E-state index >= 15 is 8.78 Å². The quantitative estimate of drug-likeness (QED) is 0.164. The Kier molecular flexibility index (Phi) is 8.07. The maximum atomic E-state index is 15.2. The zero-order chi connectivity index (χ0) is 36.8. The topological polar surface area (TPSA) is 126 Å². The first kappa shape index (κ1) is 34.6. The number of Topliss-reactive ketones (excluding diaryl/α,β-unsaturated/α-hetero) is 1. The number of nitrogens with zero attached hydrogens (tertiary/aromatic N) is 5. The van der Waals surface area contributed by atoms with Crippen molar-refractivity contribution in [1.29, 1.82) is 0 Å². The Hall–Kier alpha value is -4.80. The first-order valence-electron chi connectivity index (χ1n) is 15.7. The number of nitrogen functional groups attached to an aromatic ring is 1. The first-order valence-corrected chi connectivity index (χ1v) is 17.8. The number of aryl methyl sites for hydroxylation is 1. The third-order valence-electron chi connectivity index (χ3n) is 9.36. The lowest BCUT2D eigenvalue weighted by Gasteiger charge is -2.21. The summed E-state index contributed by atoms with van der Waals surface area (Å²) >= 11 is 0. The molecule has 268 valence electrons. The number of alkyl halides is 5. The van der Waals surface area contributed by atoms with Crippen molar-refractivity contribution < 1.29 is 43.9 Å². The Labute approximate surface area is 286 Å². The summed E-state index contributed by atoms with van der Waals surface area (Å²) in [5.41, 5.74) is 5.31. The van der Waals surface area contributed by atoms with Crippen LogP contribution >= 0.6 is 0 Å². The van der Waals surface area contributed by atoms with Crippen molar-refractivity contribution in [3.8, 4) is 11.1 Å². The summed E-state index contributed by atoms with van der Waals surface area (Å²) in [7, 11) is -1.88. The molecular formula is C34H29F7N6O3S. The standard InChI is InChI=1S/C34H29F7N6O3S/c1-46-30-22(4-3-5-23(30)27(44-46)15-51(2,49)50)24-11-20(42)13-43-29(24)17(6-16-7-18(35)10-19(36)8-16)9-21(48)14-47-32-28(31(45-47)34(39,40)41)25-12-26(25)33(32,37)38/h3-5,7-8,10-11,13,17,25-26H,6,9,12,14-15,42H2,1-2H3/t17-,25+,26-/m1/s1. The minimum Gasteiger partial charge on any atom is -0.397 e. The molecular weight excluding hydrogens is 705 g/mol. The van der Waals surface area contributed by atoms with E-state index in [1.165, 1.54) is 10.9 Å². The van der Waals surface area contributed by atoms with Crippen LogP contribution in [0.25, 0.3) is 22.0 Å². The number of hydrogen-bond donors (Lipinski definition) is 1. The van der Waals surface area contributed by atoms with Gasteiger partial charge in [-0.2, -0.15) is 32.1 Å². The number of sulfone groups is 1. The molecule has 2 aliphatic rings. The van der Waals surface area contributed by atoms with E-state index in [1.54, 1.807) is 31.3 Å². The summed E-state index contributed by atoms with van der Waals surface area (Å²) in [6.07, 6.45) is -3.47. The zero-order valence-electron chi connectivity index (χ0n) is 27.0. The number of carbonyl (C=O) groups excluding carboxylic acids is 1. The Bertz CT molecular complexity index is 2330. The van der Waals surface area contributed by atoms with E-state index in [1.807, 2.05) is 0 Å². The average Bonchev–Trinajstić information content (AvgIpc) is 3.55. The van der Waals surface area contributed by atoms with Gasteiger partial charge in [-0.3, -0.25) is 19.1 Å². The number of halogens is 7. The smallest absolute Gasteiger partial charge is 0.397 e. The lowest BCUT2D eigenvalue weighted by molar-refractivity contribution is -0.142. The minimum absolute atomic E-state index is 0.111. The molecule has 7 rings (SSSR count). The van der Waals surface area contributed by atoms with Crippen LogP contribution in [0.1, 0.15) is 58.6 Å². The van der Waals surface area contributed by atoms with Crippen LogP contribution in [-0.4, -0.2) is 45.0 Å². The van der Waals surface area contributed by atoms with Gasteiger partial charge in [-0.15, -0.1) is 0 Å². The Morgan fingerprint density at radius 2 is 1.78 bits per heavy atom. The molecule has 9 nitrogen and oxygen atoms in total. The zero-order valence-corrected chi connectivity index (χ0v) is 27.8. The molecule has 51 heavy (non-hydrogen) atoms. The van der Waals surface area contributed by atoms with Crippen LogP contribution in [-0.2, 0) is 52.5 Å². The maximum absolute atomic E-state index is 15.2. The third-order valence-corrected chi connectivity index (χ3v) is 10.2. The molecule has 2 N–H and O–H groups in total. The van der Waals surface area contributed by atoms with Gasteiger partial charge in [0.15, 0.2) is 21.3 Å². The molecule has 3 atom stereocenters. The minimum atomic E-state index is -5.02. The van der Waals surface area contributed by atoms with E-state index in [0.29, 0.717) is 32.8 Å². The van der Waals surface area contributed by atoms with Crippen molar-refractivity contribution in [3.63, 3.8) is 0 Å². The summed E-state index contributed by atoms with van der Waals surface area (Å²) in [6.45, 7) is -0.919. The van der Waals surface area contributed by atoms with Gasteiger partial charge in [0, 0.05) is 59.7 Å². The number of pyridine rings is 1. The summed E-state index contributed by atoms with van der Waals surface area (Å²) in [6, 6.07) is 9.34. The van der Waals surface area contributed by atoms with Gasteiger partial charge in [-0.25, -0.2) is 17.2 Å². The highest BCUT2D eigenvalue weighted by Gasteiger charge is 2.68. The lowest BCUT2D eigenvalue weighted by Crippen LogP contribution is -2.24. The van der Waals surface area contributed by atoms with Crippen molar-refractivity contribution >= 4 is 32.2 Å². The number of ketones is 1. The largest absolute Gasteiger partial charge is 0.435 e. The number of para-hydroxylation sites is 1. The molecule has 3 heterocycles. The highest BCUT2D eigenvalue weighted by molar-refractivity contribution is 7.89. The first-order chi connectivity index (χ1) is 23.8.